The molecule has 0 saturated heterocycles. The molecule has 0 aliphatic heterocycles. The molecule has 1 aromatic carbocycles. The molecule has 2 nitrogen and oxygen atoms in total. The summed E-state index contributed by atoms with van der Waals surface area (Å²) in [5, 5.41) is 1.15. The third-order valence-corrected chi connectivity index (χ3v) is 3.52. The molecule has 0 saturated carbocycles. The van der Waals surface area contributed by atoms with Crippen LogP contribution in [0, 0.1) is 5.41 Å². The number of hydrogen-bond acceptors (Lipinski definition) is 1. The highest BCUT2D eigenvalue weighted by molar-refractivity contribution is 9.10. The van der Waals surface area contributed by atoms with Crippen molar-refractivity contribution in [3.8, 4) is 0 Å². The fourth-order valence-electron chi connectivity index (χ4n) is 1.72. The summed E-state index contributed by atoms with van der Waals surface area (Å²) in [5.74, 6) is 0.241. The molecule has 0 aliphatic carbocycles. The van der Waals surface area contributed by atoms with Gasteiger partial charge < -0.3 is 4.57 Å². The summed E-state index contributed by atoms with van der Waals surface area (Å²) >= 11 is 3.53. The molecule has 0 amide bonds. The number of benzene rings is 1. The van der Waals surface area contributed by atoms with E-state index >= 15 is 0 Å². The second-order valence-electron chi connectivity index (χ2n) is 5.30. The predicted octanol–water partition coefficient (Wildman–Crippen LogP) is 4.02. The molecule has 3 heteroatoms. The zero-order valence-corrected chi connectivity index (χ0v) is 11.9. The van der Waals surface area contributed by atoms with Crippen LogP contribution in [0.2, 0.25) is 0 Å². The molecule has 0 unspecified atom stereocenters. The van der Waals surface area contributed by atoms with E-state index in [4.69, 9.17) is 0 Å². The van der Waals surface area contributed by atoms with Gasteiger partial charge in [0, 0.05) is 27.0 Å². The minimum atomic E-state index is -0.294. The van der Waals surface area contributed by atoms with Crippen molar-refractivity contribution in [3.05, 3.63) is 34.9 Å². The molecular weight excluding hydrogens is 278 g/mol. The Morgan fingerprint density at radius 2 is 1.94 bits per heavy atom. The summed E-state index contributed by atoms with van der Waals surface area (Å²) < 4.78 is 3.04. The van der Waals surface area contributed by atoms with Crippen LogP contribution >= 0.6 is 15.9 Å². The molecular formula is C14H16BrNO. The maximum atomic E-state index is 12.1. The lowest BCUT2D eigenvalue weighted by molar-refractivity contribution is -0.126. The SMILES string of the molecule is CC(C)(C)C(=O)Cn1cc(Br)c2ccccc21. The van der Waals surface area contributed by atoms with Gasteiger partial charge in [-0.1, -0.05) is 39.0 Å². The van der Waals surface area contributed by atoms with Gasteiger partial charge in [-0.25, -0.2) is 0 Å². The number of carbonyl (C=O) groups is 1. The van der Waals surface area contributed by atoms with Crippen molar-refractivity contribution in [1.29, 1.82) is 0 Å². The first-order valence-corrected chi connectivity index (χ1v) is 6.45. The smallest absolute Gasteiger partial charge is 0.157 e. The average molecular weight is 294 g/mol. The largest absolute Gasteiger partial charge is 0.339 e. The minimum absolute atomic E-state index is 0.241. The Morgan fingerprint density at radius 3 is 2.59 bits per heavy atom. The molecule has 0 radical (unpaired) electrons. The van der Waals surface area contributed by atoms with Gasteiger partial charge in [0.1, 0.15) is 0 Å². The molecule has 1 aromatic heterocycles. The standard InChI is InChI=1S/C14H16BrNO/c1-14(2,3)13(17)9-16-8-11(15)10-6-4-5-7-12(10)16/h4-8H,9H2,1-3H3. The number of carbonyl (C=O) groups excluding carboxylic acids is 1. The van der Waals surface area contributed by atoms with E-state index in [1.807, 2.05) is 49.7 Å². The van der Waals surface area contributed by atoms with Crippen LogP contribution in [0.3, 0.4) is 0 Å². The van der Waals surface area contributed by atoms with Gasteiger partial charge in [0.25, 0.3) is 0 Å². The van der Waals surface area contributed by atoms with Gasteiger partial charge in [0.2, 0.25) is 0 Å². The Kier molecular flexibility index (Phi) is 3.13. The van der Waals surface area contributed by atoms with Crippen LogP contribution in [-0.4, -0.2) is 10.4 Å². The summed E-state index contributed by atoms with van der Waals surface area (Å²) in [6, 6.07) is 8.09. The number of ketones is 1. The van der Waals surface area contributed by atoms with Gasteiger partial charge in [0.05, 0.1) is 6.54 Å². The summed E-state index contributed by atoms with van der Waals surface area (Å²) in [5.41, 5.74) is 0.801. The number of aromatic nitrogens is 1. The fourth-order valence-corrected chi connectivity index (χ4v) is 2.31. The number of Topliss-reactive ketones (excluding diaryl/α,β-unsaturated/α-hetero) is 1. The third kappa shape index (κ3) is 2.44. The van der Waals surface area contributed by atoms with E-state index < -0.39 is 0 Å². The molecule has 0 bridgehead atoms. The number of halogens is 1. The van der Waals surface area contributed by atoms with E-state index in [2.05, 4.69) is 22.0 Å². The van der Waals surface area contributed by atoms with Gasteiger partial charge in [-0.3, -0.25) is 4.79 Å². The number of para-hydroxylation sites is 1. The fraction of sp³-hybridized carbons (Fsp3) is 0.357. The Labute approximate surface area is 110 Å². The van der Waals surface area contributed by atoms with E-state index in [1.165, 1.54) is 0 Å². The molecule has 2 rings (SSSR count). The van der Waals surface area contributed by atoms with Gasteiger partial charge in [-0.2, -0.15) is 0 Å². The highest BCUT2D eigenvalue weighted by Gasteiger charge is 2.22. The van der Waals surface area contributed by atoms with E-state index in [-0.39, 0.29) is 11.2 Å². The summed E-state index contributed by atoms with van der Waals surface area (Å²) in [7, 11) is 0. The van der Waals surface area contributed by atoms with Gasteiger partial charge in [-0.15, -0.1) is 0 Å². The first-order valence-electron chi connectivity index (χ1n) is 5.66. The van der Waals surface area contributed by atoms with Crippen molar-refractivity contribution in [1.82, 2.24) is 4.57 Å². The molecule has 0 N–H and O–H groups in total. The van der Waals surface area contributed by atoms with Gasteiger partial charge >= 0.3 is 0 Å². The molecule has 17 heavy (non-hydrogen) atoms. The second-order valence-corrected chi connectivity index (χ2v) is 6.15. The van der Waals surface area contributed by atoms with Crippen LogP contribution < -0.4 is 0 Å². The average Bonchev–Trinajstić information content (AvgIpc) is 2.56. The maximum Gasteiger partial charge on any atom is 0.157 e. The Hall–Kier alpha value is -1.09. The van der Waals surface area contributed by atoms with Crippen LogP contribution in [0.5, 0.6) is 0 Å². The Bertz CT molecular complexity index is 563. The van der Waals surface area contributed by atoms with Crippen molar-refractivity contribution in [2.75, 3.05) is 0 Å². The van der Waals surface area contributed by atoms with Gasteiger partial charge in [-0.05, 0) is 22.0 Å². The van der Waals surface area contributed by atoms with Crippen molar-refractivity contribution in [3.63, 3.8) is 0 Å². The van der Waals surface area contributed by atoms with E-state index in [9.17, 15) is 4.79 Å². The molecule has 2 aromatic rings. The van der Waals surface area contributed by atoms with Crippen LogP contribution in [0.25, 0.3) is 10.9 Å². The highest BCUT2D eigenvalue weighted by atomic mass is 79.9. The van der Waals surface area contributed by atoms with E-state index in [0.29, 0.717) is 6.54 Å². The molecule has 0 aliphatic rings. The van der Waals surface area contributed by atoms with Crippen LogP contribution in [0.4, 0.5) is 0 Å². The van der Waals surface area contributed by atoms with E-state index in [1.54, 1.807) is 0 Å². The minimum Gasteiger partial charge on any atom is -0.339 e. The summed E-state index contributed by atoms with van der Waals surface area (Å²) in [4.78, 5) is 12.1. The topological polar surface area (TPSA) is 22.0 Å². The first kappa shape index (κ1) is 12.4. The summed E-state index contributed by atoms with van der Waals surface area (Å²) in [6.45, 7) is 6.29. The lowest BCUT2D eigenvalue weighted by Crippen LogP contribution is -2.24. The van der Waals surface area contributed by atoms with Crippen molar-refractivity contribution in [2.45, 2.75) is 27.3 Å². The third-order valence-electron chi connectivity index (χ3n) is 2.89. The number of rotatable bonds is 2. The number of hydrogen-bond donors (Lipinski definition) is 0. The molecule has 0 fully saturated rings. The molecule has 90 valence electrons. The lowest BCUT2D eigenvalue weighted by atomic mass is 9.91. The Morgan fingerprint density at radius 1 is 1.29 bits per heavy atom. The normalized spacial score (nSPS) is 12.0. The van der Waals surface area contributed by atoms with Crippen LogP contribution in [-0.2, 0) is 11.3 Å². The monoisotopic (exact) mass is 293 g/mol. The Balaban J connectivity index is 2.41. The van der Waals surface area contributed by atoms with Crippen molar-refractivity contribution < 1.29 is 4.79 Å². The molecule has 1 heterocycles. The highest BCUT2D eigenvalue weighted by Crippen LogP contribution is 2.27. The van der Waals surface area contributed by atoms with Crippen molar-refractivity contribution in [2.24, 2.45) is 5.41 Å². The number of nitrogens with zero attached hydrogens (tertiary/aromatic N) is 1. The zero-order chi connectivity index (χ0) is 12.6. The molecule has 0 atom stereocenters. The van der Waals surface area contributed by atoms with Gasteiger partial charge in [0.15, 0.2) is 5.78 Å². The van der Waals surface area contributed by atoms with E-state index in [0.717, 1.165) is 15.4 Å². The maximum absolute atomic E-state index is 12.1. The zero-order valence-electron chi connectivity index (χ0n) is 10.3. The predicted molar refractivity (Wildman–Crippen MR) is 74.1 cm³/mol. The first-order chi connectivity index (χ1) is 7.89. The van der Waals surface area contributed by atoms with Crippen LogP contribution in [0.1, 0.15) is 20.8 Å². The number of fused-ring (bicyclic) bond motifs is 1. The molecule has 0 spiro atoms. The van der Waals surface area contributed by atoms with Crippen molar-refractivity contribution >= 4 is 32.6 Å². The lowest BCUT2D eigenvalue weighted by Gasteiger charge is -2.17. The summed E-state index contributed by atoms with van der Waals surface area (Å²) in [6.07, 6.45) is 1.98. The van der Waals surface area contributed by atoms with Crippen LogP contribution in [0.15, 0.2) is 34.9 Å². The second kappa shape index (κ2) is 4.30. The quantitative estimate of drug-likeness (QED) is 0.820.